The maximum absolute atomic E-state index is 5.54. The lowest BCUT2D eigenvalue weighted by Gasteiger charge is -2.04. The van der Waals surface area contributed by atoms with Crippen LogP contribution < -0.4 is 5.73 Å². The lowest BCUT2D eigenvalue weighted by molar-refractivity contribution is 0.670. The second-order valence-corrected chi connectivity index (χ2v) is 4.12. The van der Waals surface area contributed by atoms with Crippen LogP contribution in [0.2, 0.25) is 0 Å². The molecule has 0 saturated heterocycles. The molecule has 2 heteroatoms. The van der Waals surface area contributed by atoms with E-state index in [9.17, 15) is 0 Å². The van der Waals surface area contributed by atoms with Crippen LogP contribution in [0.4, 0.5) is 0 Å². The Morgan fingerprint density at radius 1 is 1.20 bits per heavy atom. The van der Waals surface area contributed by atoms with Gasteiger partial charge in [0, 0.05) is 23.6 Å². The van der Waals surface area contributed by atoms with Crippen LogP contribution in [-0.2, 0) is 6.54 Å². The molecule has 0 unspecified atom stereocenters. The van der Waals surface area contributed by atoms with Gasteiger partial charge in [-0.25, -0.2) is 0 Å². The summed E-state index contributed by atoms with van der Waals surface area (Å²) in [4.78, 5) is 0. The van der Waals surface area contributed by atoms with Crippen LogP contribution >= 0.6 is 0 Å². The zero-order chi connectivity index (χ0) is 10.8. The Balaban J connectivity index is 2.53. The Labute approximate surface area is 90.7 Å². The van der Waals surface area contributed by atoms with Gasteiger partial charge in [-0.2, -0.15) is 0 Å². The first-order valence-corrected chi connectivity index (χ1v) is 5.49. The van der Waals surface area contributed by atoms with Gasteiger partial charge in [-0.05, 0) is 44.0 Å². The lowest BCUT2D eigenvalue weighted by atomic mass is 10.1. The van der Waals surface area contributed by atoms with E-state index in [1.165, 1.54) is 22.0 Å². The van der Waals surface area contributed by atoms with E-state index < -0.39 is 0 Å². The molecule has 1 heterocycles. The maximum atomic E-state index is 5.54. The van der Waals surface area contributed by atoms with Crippen LogP contribution in [0.3, 0.4) is 0 Å². The molecule has 0 atom stereocenters. The van der Waals surface area contributed by atoms with E-state index in [2.05, 4.69) is 42.8 Å². The first-order chi connectivity index (χ1) is 7.24. The first-order valence-electron chi connectivity index (χ1n) is 5.49. The minimum atomic E-state index is 0.755. The van der Waals surface area contributed by atoms with E-state index in [4.69, 9.17) is 5.73 Å². The van der Waals surface area contributed by atoms with Gasteiger partial charge in [0.15, 0.2) is 0 Å². The molecule has 2 aromatic rings. The van der Waals surface area contributed by atoms with E-state index in [-0.39, 0.29) is 0 Å². The molecule has 0 spiro atoms. The van der Waals surface area contributed by atoms with Crippen molar-refractivity contribution in [2.75, 3.05) is 6.54 Å². The van der Waals surface area contributed by atoms with Crippen molar-refractivity contribution in [1.29, 1.82) is 0 Å². The van der Waals surface area contributed by atoms with Gasteiger partial charge in [0.2, 0.25) is 0 Å². The van der Waals surface area contributed by atoms with Crippen molar-refractivity contribution in [3.63, 3.8) is 0 Å². The molecule has 2 N–H and O–H groups in total. The molecule has 0 bridgehead atoms. The highest BCUT2D eigenvalue weighted by molar-refractivity contribution is 5.86. The van der Waals surface area contributed by atoms with E-state index in [1.807, 2.05) is 0 Å². The third-order valence-corrected chi connectivity index (χ3v) is 2.91. The fourth-order valence-electron chi connectivity index (χ4n) is 2.22. The highest BCUT2D eigenvalue weighted by Crippen LogP contribution is 2.24. The molecule has 2 rings (SSSR count). The van der Waals surface area contributed by atoms with Gasteiger partial charge in [-0.3, -0.25) is 0 Å². The van der Waals surface area contributed by atoms with Crippen LogP contribution in [-0.4, -0.2) is 11.1 Å². The Morgan fingerprint density at radius 3 is 2.73 bits per heavy atom. The largest absolute Gasteiger partial charge is 0.347 e. The van der Waals surface area contributed by atoms with Gasteiger partial charge >= 0.3 is 0 Å². The molecule has 0 aliphatic heterocycles. The third kappa shape index (κ3) is 1.77. The summed E-state index contributed by atoms with van der Waals surface area (Å²) in [7, 11) is 0. The number of hydrogen-bond donors (Lipinski definition) is 1. The van der Waals surface area contributed by atoms with Crippen LogP contribution in [0.1, 0.15) is 17.5 Å². The van der Waals surface area contributed by atoms with Gasteiger partial charge in [-0.1, -0.05) is 12.1 Å². The smallest absolute Gasteiger partial charge is 0.0485 e. The van der Waals surface area contributed by atoms with Gasteiger partial charge < -0.3 is 10.3 Å². The van der Waals surface area contributed by atoms with Gasteiger partial charge in [0.25, 0.3) is 0 Å². The number of nitrogens with zero attached hydrogens (tertiary/aromatic N) is 1. The average Bonchev–Trinajstić information content (AvgIpc) is 2.54. The van der Waals surface area contributed by atoms with Crippen molar-refractivity contribution in [2.45, 2.75) is 26.8 Å². The molecule has 2 nitrogen and oxygen atoms in total. The molecule has 0 amide bonds. The molecule has 0 aliphatic carbocycles. The molecule has 1 aromatic heterocycles. The van der Waals surface area contributed by atoms with Crippen molar-refractivity contribution >= 4 is 10.9 Å². The number of aryl methyl sites for hydroxylation is 3. The maximum Gasteiger partial charge on any atom is 0.0485 e. The van der Waals surface area contributed by atoms with E-state index in [1.54, 1.807) is 0 Å². The van der Waals surface area contributed by atoms with Crippen molar-refractivity contribution in [3.8, 4) is 0 Å². The highest BCUT2D eigenvalue weighted by Gasteiger charge is 2.06. The number of benzene rings is 1. The minimum absolute atomic E-state index is 0.755. The molecule has 0 saturated carbocycles. The van der Waals surface area contributed by atoms with Crippen LogP contribution in [0, 0.1) is 13.8 Å². The number of nitrogens with two attached hydrogens (primary N) is 1. The van der Waals surface area contributed by atoms with Crippen molar-refractivity contribution in [3.05, 3.63) is 35.5 Å². The standard InChI is InChI=1S/C13H18N2/c1-10-5-3-6-12-13(10)11(2)9-15(12)8-4-7-14/h3,5-6,9H,4,7-8,14H2,1-2H3. The van der Waals surface area contributed by atoms with Crippen molar-refractivity contribution < 1.29 is 0 Å². The second-order valence-electron chi connectivity index (χ2n) is 4.12. The summed E-state index contributed by atoms with van der Waals surface area (Å²) in [6.45, 7) is 6.12. The lowest BCUT2D eigenvalue weighted by Crippen LogP contribution is -2.04. The van der Waals surface area contributed by atoms with Crippen molar-refractivity contribution in [2.24, 2.45) is 5.73 Å². The Morgan fingerprint density at radius 2 is 2.00 bits per heavy atom. The molecular weight excluding hydrogens is 184 g/mol. The zero-order valence-corrected chi connectivity index (χ0v) is 9.46. The quantitative estimate of drug-likeness (QED) is 0.815. The molecule has 0 radical (unpaired) electrons. The highest BCUT2D eigenvalue weighted by atomic mass is 15.0. The SMILES string of the molecule is Cc1cccc2c1c(C)cn2CCCN. The topological polar surface area (TPSA) is 30.9 Å². The fourth-order valence-corrected chi connectivity index (χ4v) is 2.22. The summed E-state index contributed by atoms with van der Waals surface area (Å²) >= 11 is 0. The summed E-state index contributed by atoms with van der Waals surface area (Å²) in [5.41, 5.74) is 9.60. The van der Waals surface area contributed by atoms with Crippen molar-refractivity contribution in [1.82, 2.24) is 4.57 Å². The Bertz CT molecular complexity index is 469. The number of fused-ring (bicyclic) bond motifs is 1. The van der Waals surface area contributed by atoms with E-state index in [0.29, 0.717) is 0 Å². The Hall–Kier alpha value is -1.28. The fraction of sp³-hybridized carbons (Fsp3) is 0.385. The number of rotatable bonds is 3. The van der Waals surface area contributed by atoms with Crippen LogP contribution in [0.5, 0.6) is 0 Å². The monoisotopic (exact) mass is 202 g/mol. The third-order valence-electron chi connectivity index (χ3n) is 2.91. The summed E-state index contributed by atoms with van der Waals surface area (Å²) < 4.78 is 2.31. The predicted molar refractivity (Wildman–Crippen MR) is 65.1 cm³/mol. The molecule has 15 heavy (non-hydrogen) atoms. The Kier molecular flexibility index (Phi) is 2.78. The minimum Gasteiger partial charge on any atom is -0.347 e. The number of hydrogen-bond acceptors (Lipinski definition) is 1. The van der Waals surface area contributed by atoms with E-state index in [0.717, 1.165) is 19.5 Å². The van der Waals surface area contributed by atoms with Crippen LogP contribution in [0.15, 0.2) is 24.4 Å². The summed E-state index contributed by atoms with van der Waals surface area (Å²) in [5, 5.41) is 1.40. The van der Waals surface area contributed by atoms with Gasteiger partial charge in [0.1, 0.15) is 0 Å². The number of aromatic nitrogens is 1. The molecule has 0 fully saturated rings. The summed E-state index contributed by atoms with van der Waals surface area (Å²) in [5.74, 6) is 0. The zero-order valence-electron chi connectivity index (χ0n) is 9.46. The normalized spacial score (nSPS) is 11.1. The van der Waals surface area contributed by atoms with Gasteiger partial charge in [0.05, 0.1) is 0 Å². The summed E-state index contributed by atoms with van der Waals surface area (Å²) in [6.07, 6.45) is 3.27. The second kappa shape index (κ2) is 4.07. The first kappa shape index (κ1) is 10.2. The molecule has 1 aromatic carbocycles. The molecule has 80 valence electrons. The van der Waals surface area contributed by atoms with E-state index >= 15 is 0 Å². The summed E-state index contributed by atoms with van der Waals surface area (Å²) in [6, 6.07) is 6.48. The average molecular weight is 202 g/mol. The molecular formula is C13H18N2. The van der Waals surface area contributed by atoms with Gasteiger partial charge in [-0.15, -0.1) is 0 Å². The molecule has 0 aliphatic rings. The predicted octanol–water partition coefficient (Wildman–Crippen LogP) is 2.61. The van der Waals surface area contributed by atoms with Crippen LogP contribution in [0.25, 0.3) is 10.9 Å².